The van der Waals surface area contributed by atoms with Gasteiger partial charge in [0.1, 0.15) is 6.61 Å². The minimum atomic E-state index is -4.32. The van der Waals surface area contributed by atoms with Crippen molar-refractivity contribution in [2.45, 2.75) is 12.6 Å². The van der Waals surface area contributed by atoms with Crippen LogP contribution in [0.25, 0.3) is 0 Å². The van der Waals surface area contributed by atoms with Gasteiger partial charge in [0.05, 0.1) is 11.8 Å². The summed E-state index contributed by atoms with van der Waals surface area (Å²) in [4.78, 5) is 4.78. The third-order valence-corrected chi connectivity index (χ3v) is 1.85. The zero-order chi connectivity index (χ0) is 12.7. The van der Waals surface area contributed by atoms with E-state index in [9.17, 15) is 13.2 Å². The van der Waals surface area contributed by atoms with Crippen LogP contribution in [0.15, 0.2) is 29.4 Å². The summed E-state index contributed by atoms with van der Waals surface area (Å²) in [6, 6.07) is 4.61. The third kappa shape index (κ3) is 4.60. The highest BCUT2D eigenvalue weighted by Gasteiger charge is 2.29. The number of hydrogen-bond acceptors (Lipinski definition) is 2. The first-order chi connectivity index (χ1) is 8.04. The Morgan fingerprint density at radius 3 is 2.47 bits per heavy atom. The van der Waals surface area contributed by atoms with Crippen molar-refractivity contribution in [3.8, 4) is 12.3 Å². The Bertz CT molecular complexity index is 415. The lowest BCUT2D eigenvalue weighted by Gasteiger charge is -2.05. The fourth-order valence-electron chi connectivity index (χ4n) is 1.01. The first kappa shape index (κ1) is 13.1. The van der Waals surface area contributed by atoms with Crippen LogP contribution in [0, 0.1) is 12.3 Å². The Kier molecular flexibility index (Phi) is 4.58. The van der Waals surface area contributed by atoms with Crippen molar-refractivity contribution in [1.82, 2.24) is 0 Å². The molecule has 0 heterocycles. The summed E-state index contributed by atoms with van der Waals surface area (Å²) in [5, 5.41) is 3.57. The number of halogens is 3. The first-order valence-corrected chi connectivity index (χ1v) is 4.80. The number of oxime groups is 1. The van der Waals surface area contributed by atoms with E-state index < -0.39 is 11.7 Å². The molecule has 0 bridgehead atoms. The maximum absolute atomic E-state index is 12.2. The summed E-state index contributed by atoms with van der Waals surface area (Å²) in [6.45, 7) is 0.285. The molecule has 0 aliphatic carbocycles. The van der Waals surface area contributed by atoms with Gasteiger partial charge >= 0.3 is 6.18 Å². The number of hydrogen-bond donors (Lipinski definition) is 0. The van der Waals surface area contributed by atoms with Crippen molar-refractivity contribution in [2.75, 3.05) is 6.61 Å². The lowest BCUT2D eigenvalue weighted by Crippen LogP contribution is -2.04. The first-order valence-electron chi connectivity index (χ1n) is 4.80. The molecule has 0 fully saturated rings. The molecule has 0 saturated heterocycles. The van der Waals surface area contributed by atoms with Crippen molar-refractivity contribution in [2.24, 2.45) is 5.16 Å². The Hall–Kier alpha value is -1.96. The van der Waals surface area contributed by atoms with Gasteiger partial charge in [0, 0.05) is 6.42 Å². The standard InChI is InChI=1S/C12H10F3NO/c1-2-3-8-17-16-9-10-4-6-11(7-5-10)12(13,14)15/h1,4-7,9H,3,8H2. The minimum absolute atomic E-state index is 0.285. The second-order valence-corrected chi connectivity index (χ2v) is 3.14. The van der Waals surface area contributed by atoms with E-state index in [4.69, 9.17) is 11.3 Å². The monoisotopic (exact) mass is 241 g/mol. The van der Waals surface area contributed by atoms with E-state index in [1.54, 1.807) is 0 Å². The second kappa shape index (κ2) is 5.94. The molecule has 0 unspecified atom stereocenters. The molecule has 5 heteroatoms. The fourth-order valence-corrected chi connectivity index (χ4v) is 1.01. The zero-order valence-corrected chi connectivity index (χ0v) is 8.87. The van der Waals surface area contributed by atoms with E-state index in [1.165, 1.54) is 18.3 Å². The van der Waals surface area contributed by atoms with Gasteiger partial charge in [-0.05, 0) is 17.7 Å². The average Bonchev–Trinajstić information content (AvgIpc) is 2.28. The zero-order valence-electron chi connectivity index (χ0n) is 8.87. The van der Waals surface area contributed by atoms with Crippen molar-refractivity contribution in [3.05, 3.63) is 35.4 Å². The van der Waals surface area contributed by atoms with E-state index in [2.05, 4.69) is 11.1 Å². The van der Waals surface area contributed by atoms with Crippen LogP contribution >= 0.6 is 0 Å². The fraction of sp³-hybridized carbons (Fsp3) is 0.250. The van der Waals surface area contributed by atoms with Crippen LogP contribution in [-0.2, 0) is 11.0 Å². The lowest BCUT2D eigenvalue weighted by atomic mass is 10.1. The molecule has 17 heavy (non-hydrogen) atoms. The minimum Gasteiger partial charge on any atom is -0.395 e. The van der Waals surface area contributed by atoms with Gasteiger partial charge in [-0.3, -0.25) is 0 Å². The molecule has 1 aromatic rings. The summed E-state index contributed by atoms with van der Waals surface area (Å²) >= 11 is 0. The highest BCUT2D eigenvalue weighted by molar-refractivity contribution is 5.79. The van der Waals surface area contributed by atoms with Crippen molar-refractivity contribution in [3.63, 3.8) is 0 Å². The number of terminal acetylenes is 1. The number of rotatable bonds is 4. The van der Waals surface area contributed by atoms with E-state index in [0.29, 0.717) is 12.0 Å². The predicted octanol–water partition coefficient (Wildman–Crippen LogP) is 3.08. The van der Waals surface area contributed by atoms with Crippen molar-refractivity contribution in [1.29, 1.82) is 0 Å². The lowest BCUT2D eigenvalue weighted by molar-refractivity contribution is -0.137. The maximum Gasteiger partial charge on any atom is 0.416 e. The van der Waals surface area contributed by atoms with Crippen LogP contribution in [0.2, 0.25) is 0 Å². The summed E-state index contributed by atoms with van der Waals surface area (Å²) < 4.78 is 36.7. The van der Waals surface area contributed by atoms with Gasteiger partial charge in [0.25, 0.3) is 0 Å². The Labute approximate surface area is 97.1 Å². The number of alkyl halides is 3. The molecule has 0 aliphatic heterocycles. The van der Waals surface area contributed by atoms with Gasteiger partial charge in [0.15, 0.2) is 0 Å². The molecule has 0 N–H and O–H groups in total. The maximum atomic E-state index is 12.2. The van der Waals surface area contributed by atoms with Crippen LogP contribution in [0.4, 0.5) is 13.2 Å². The largest absolute Gasteiger partial charge is 0.416 e. The molecule has 2 nitrogen and oxygen atoms in total. The predicted molar refractivity (Wildman–Crippen MR) is 58.4 cm³/mol. The van der Waals surface area contributed by atoms with Gasteiger partial charge in [0.2, 0.25) is 0 Å². The number of nitrogens with zero attached hydrogens (tertiary/aromatic N) is 1. The Balaban J connectivity index is 2.54. The molecular formula is C12H10F3NO. The topological polar surface area (TPSA) is 21.6 Å². The Morgan fingerprint density at radius 1 is 1.29 bits per heavy atom. The van der Waals surface area contributed by atoms with E-state index in [-0.39, 0.29) is 6.61 Å². The molecule has 0 aromatic heterocycles. The molecule has 1 rings (SSSR count). The molecule has 0 radical (unpaired) electrons. The van der Waals surface area contributed by atoms with Gasteiger partial charge in [-0.15, -0.1) is 12.3 Å². The van der Waals surface area contributed by atoms with Gasteiger partial charge in [-0.25, -0.2) is 0 Å². The average molecular weight is 241 g/mol. The van der Waals surface area contributed by atoms with Crippen LogP contribution in [0.1, 0.15) is 17.5 Å². The van der Waals surface area contributed by atoms with Gasteiger partial charge < -0.3 is 4.84 Å². The molecule has 0 spiro atoms. The molecular weight excluding hydrogens is 231 g/mol. The van der Waals surface area contributed by atoms with Crippen molar-refractivity contribution >= 4 is 6.21 Å². The van der Waals surface area contributed by atoms with E-state index >= 15 is 0 Å². The molecule has 1 aromatic carbocycles. The normalized spacial score (nSPS) is 11.4. The molecule has 0 atom stereocenters. The highest BCUT2D eigenvalue weighted by Crippen LogP contribution is 2.28. The molecule has 0 aliphatic rings. The van der Waals surface area contributed by atoms with Crippen LogP contribution in [-0.4, -0.2) is 12.8 Å². The third-order valence-electron chi connectivity index (χ3n) is 1.85. The van der Waals surface area contributed by atoms with E-state index in [1.807, 2.05) is 0 Å². The van der Waals surface area contributed by atoms with Crippen LogP contribution in [0.5, 0.6) is 0 Å². The summed E-state index contributed by atoms with van der Waals surface area (Å²) in [7, 11) is 0. The molecule has 90 valence electrons. The smallest absolute Gasteiger partial charge is 0.395 e. The van der Waals surface area contributed by atoms with Gasteiger partial charge in [-0.1, -0.05) is 17.3 Å². The van der Waals surface area contributed by atoms with Crippen molar-refractivity contribution < 1.29 is 18.0 Å². The summed E-state index contributed by atoms with van der Waals surface area (Å²) in [6.07, 6.45) is 2.44. The Morgan fingerprint density at radius 2 is 1.94 bits per heavy atom. The van der Waals surface area contributed by atoms with Crippen LogP contribution in [0.3, 0.4) is 0 Å². The second-order valence-electron chi connectivity index (χ2n) is 3.14. The quantitative estimate of drug-likeness (QED) is 0.343. The molecule has 0 amide bonds. The van der Waals surface area contributed by atoms with E-state index in [0.717, 1.165) is 12.1 Å². The van der Waals surface area contributed by atoms with Crippen LogP contribution < -0.4 is 0 Å². The SMILES string of the molecule is C#CCCON=Cc1ccc(C(F)(F)F)cc1. The summed E-state index contributed by atoms with van der Waals surface area (Å²) in [5.74, 6) is 2.37. The highest BCUT2D eigenvalue weighted by atomic mass is 19.4. The molecule has 0 saturated carbocycles. The number of benzene rings is 1. The summed E-state index contributed by atoms with van der Waals surface area (Å²) in [5.41, 5.74) is -0.165. The van der Waals surface area contributed by atoms with Gasteiger partial charge in [-0.2, -0.15) is 13.2 Å².